The summed E-state index contributed by atoms with van der Waals surface area (Å²) >= 11 is 6.80. The molecule has 4 aromatic heterocycles. The first-order chi connectivity index (χ1) is 28.4. The van der Waals surface area contributed by atoms with Crippen LogP contribution in [0.5, 0.6) is 0 Å². The van der Waals surface area contributed by atoms with Gasteiger partial charge in [0.2, 0.25) is 11.8 Å². The minimum absolute atomic E-state index is 0.0110. The van der Waals surface area contributed by atoms with Gasteiger partial charge in [-0.1, -0.05) is 23.7 Å². The van der Waals surface area contributed by atoms with E-state index < -0.39 is 53.2 Å². The molecule has 8 rings (SSSR count). The Hall–Kier alpha value is -5.50. The van der Waals surface area contributed by atoms with Gasteiger partial charge in [-0.25, -0.2) is 14.5 Å². The van der Waals surface area contributed by atoms with E-state index in [0.29, 0.717) is 41.1 Å². The quantitative estimate of drug-likeness (QED) is 0.154. The Labute approximate surface area is 344 Å². The van der Waals surface area contributed by atoms with Crippen molar-refractivity contribution in [1.29, 1.82) is 0 Å². The Morgan fingerprint density at radius 1 is 1.05 bits per heavy atom. The fourth-order valence-corrected chi connectivity index (χ4v) is 8.61. The third-order valence-electron chi connectivity index (χ3n) is 11.4. The van der Waals surface area contributed by atoms with Crippen LogP contribution >= 0.6 is 11.6 Å². The number of aromatic nitrogens is 9. The van der Waals surface area contributed by atoms with Crippen LogP contribution in [0, 0.1) is 5.41 Å². The normalized spacial score (nSPS) is 21.3. The third-order valence-corrected chi connectivity index (χ3v) is 11.8. The minimum atomic E-state index is -4.79. The predicted molar refractivity (Wildman–Crippen MR) is 204 cm³/mol. The van der Waals surface area contributed by atoms with Crippen LogP contribution in [0.1, 0.15) is 81.5 Å². The highest BCUT2D eigenvalue weighted by Crippen LogP contribution is 2.66. The second-order valence-electron chi connectivity index (χ2n) is 16.3. The summed E-state index contributed by atoms with van der Waals surface area (Å²) in [4.78, 5) is 47.3. The zero-order valence-corrected chi connectivity index (χ0v) is 33.5. The maximum atomic E-state index is 14.4. The summed E-state index contributed by atoms with van der Waals surface area (Å²) in [7, 11) is 1.59. The lowest BCUT2D eigenvalue weighted by atomic mass is 9.96. The van der Waals surface area contributed by atoms with Crippen LogP contribution in [0.25, 0.3) is 22.5 Å². The lowest BCUT2D eigenvalue weighted by molar-refractivity contribution is -0.141. The third kappa shape index (κ3) is 8.05. The number of hydrogen-bond acceptors (Lipinski definition) is 9. The highest BCUT2D eigenvalue weighted by Gasteiger charge is 2.65. The summed E-state index contributed by atoms with van der Waals surface area (Å²) in [6.07, 6.45) is 4.59. The van der Waals surface area contributed by atoms with Crippen LogP contribution in [0.15, 0.2) is 60.0 Å². The monoisotopic (exact) mass is 857 g/mol. The average molecular weight is 858 g/mol. The van der Waals surface area contributed by atoms with Crippen molar-refractivity contribution in [1.82, 2.24) is 54.3 Å². The number of aryl methyl sites for hydroxylation is 1. The number of alkyl halides is 5. The molecule has 4 atom stereocenters. The predicted octanol–water partition coefficient (Wildman–Crippen LogP) is 5.78. The van der Waals surface area contributed by atoms with Gasteiger partial charge in [0.1, 0.15) is 11.7 Å². The van der Waals surface area contributed by atoms with Crippen molar-refractivity contribution in [2.75, 3.05) is 13.2 Å². The van der Waals surface area contributed by atoms with Gasteiger partial charge in [0, 0.05) is 61.7 Å². The molecule has 15 nitrogen and oxygen atoms in total. The first-order valence-corrected chi connectivity index (χ1v) is 19.8. The molecular formula is C39H41ClF5N11O4. The maximum absolute atomic E-state index is 14.4. The number of ether oxygens (including phenoxy) is 1. The van der Waals surface area contributed by atoms with Crippen molar-refractivity contribution in [3.63, 3.8) is 0 Å². The molecule has 318 valence electrons. The number of carbonyl (C=O) groups excluding carboxylic acids is 2. The topological polar surface area (TPSA) is 160 Å². The van der Waals surface area contributed by atoms with E-state index in [0.717, 1.165) is 40.9 Å². The minimum Gasteiger partial charge on any atom is -0.355 e. The fraction of sp³-hybridized carbons (Fsp3) is 0.487. The van der Waals surface area contributed by atoms with Crippen LogP contribution in [-0.4, -0.2) is 85.6 Å². The Morgan fingerprint density at radius 3 is 2.53 bits per heavy atom. The average Bonchev–Trinajstić information content (AvgIpc) is 3.70. The maximum Gasteiger partial charge on any atom is 0.435 e. The number of likely N-dealkylation sites (tertiary alicyclic amines) is 1. The van der Waals surface area contributed by atoms with Gasteiger partial charge >= 0.3 is 18.4 Å². The molecule has 5 aromatic rings. The summed E-state index contributed by atoms with van der Waals surface area (Å²) < 4.78 is 77.8. The van der Waals surface area contributed by atoms with Crippen LogP contribution < -0.4 is 11.0 Å². The van der Waals surface area contributed by atoms with Gasteiger partial charge in [0.15, 0.2) is 11.9 Å². The van der Waals surface area contributed by atoms with Gasteiger partial charge in [0.05, 0.1) is 35.6 Å². The number of nitrogens with one attached hydrogen (secondary N) is 1. The molecule has 2 amide bonds. The Kier molecular flexibility index (Phi) is 10.7. The molecule has 60 heavy (non-hydrogen) atoms. The molecule has 3 aliphatic rings. The molecule has 2 aliphatic heterocycles. The summed E-state index contributed by atoms with van der Waals surface area (Å²) in [6, 6.07) is 5.09. The van der Waals surface area contributed by atoms with Gasteiger partial charge in [0.25, 0.3) is 0 Å². The first-order valence-electron chi connectivity index (χ1n) is 19.4. The molecule has 21 heteroatoms. The number of carbonyl (C=O) groups is 2. The fourth-order valence-electron chi connectivity index (χ4n) is 8.30. The van der Waals surface area contributed by atoms with E-state index in [2.05, 4.69) is 30.7 Å². The van der Waals surface area contributed by atoms with E-state index in [4.69, 9.17) is 16.3 Å². The summed E-state index contributed by atoms with van der Waals surface area (Å²) in [5.41, 5.74) is -1.15. The highest BCUT2D eigenvalue weighted by atomic mass is 35.5. The highest BCUT2D eigenvalue weighted by molar-refractivity contribution is 6.31. The molecule has 1 N–H and O–H groups in total. The van der Waals surface area contributed by atoms with Crippen molar-refractivity contribution >= 4 is 23.4 Å². The van der Waals surface area contributed by atoms with Crippen molar-refractivity contribution < 1.29 is 36.3 Å². The summed E-state index contributed by atoms with van der Waals surface area (Å²) in [5.74, 6) is -1.21. The van der Waals surface area contributed by atoms with E-state index in [1.165, 1.54) is 32.9 Å². The van der Waals surface area contributed by atoms with Crippen LogP contribution in [0.3, 0.4) is 0 Å². The van der Waals surface area contributed by atoms with Crippen LogP contribution in [0.4, 0.5) is 22.0 Å². The van der Waals surface area contributed by atoms with E-state index in [-0.39, 0.29) is 48.3 Å². The van der Waals surface area contributed by atoms with Crippen molar-refractivity contribution in [2.24, 2.45) is 12.5 Å². The van der Waals surface area contributed by atoms with Crippen LogP contribution in [-0.2, 0) is 40.5 Å². The molecular weight excluding hydrogens is 817 g/mol. The SMILES string of the molecule is Cn1cc(-c2ccc([C@H]3C[C@@]34CCN([C@H](Cc3cnn(C(F)F)c3)C(=O)NC(C)(C)Cn3nc(C(F)(F)F)cc3-c3cnn(C5CCCCO5)n3)C4=O)c(Cl)c2)cnc1=O. The van der Waals surface area contributed by atoms with E-state index in [1.807, 2.05) is 12.1 Å². The first kappa shape index (κ1) is 41.2. The number of rotatable bonds is 12. The second kappa shape index (κ2) is 15.5. The molecule has 1 unspecified atom stereocenters. The smallest absolute Gasteiger partial charge is 0.355 e. The number of amides is 2. The lowest BCUT2D eigenvalue weighted by Crippen LogP contribution is -2.56. The molecule has 3 fully saturated rings. The molecule has 0 radical (unpaired) electrons. The van der Waals surface area contributed by atoms with Crippen molar-refractivity contribution in [3.05, 3.63) is 87.6 Å². The van der Waals surface area contributed by atoms with Gasteiger partial charge in [-0.05, 0) is 74.8 Å². The molecule has 2 saturated heterocycles. The summed E-state index contributed by atoms with van der Waals surface area (Å²) in [6.45, 7) is 0.696. The molecule has 1 aromatic carbocycles. The molecule has 1 spiro atoms. The van der Waals surface area contributed by atoms with Crippen molar-refractivity contribution in [3.8, 4) is 22.5 Å². The van der Waals surface area contributed by atoms with E-state index >= 15 is 0 Å². The molecule has 6 heterocycles. The standard InChI is InChI=1S/C39H41ClF5N11O4/c1-37(2,21-55-29(14-31(51-55)39(43,44)45)28-18-48-56(50-28)32-6-4-5-11-60-32)49-33(57)30(12-22-16-47-54(19-22)35(41)42)53-10-9-38(34(53)58)15-26(38)25-8-7-23(13-27(25)40)24-17-46-36(59)52(3)20-24/h7-8,13-14,16-20,26,30,32,35H,4-6,9-12,15,21H2,1-3H3,(H,49,57)/t26-,30-,32?,38+/m1/s1. The zero-order chi connectivity index (χ0) is 42.7. The van der Waals surface area contributed by atoms with E-state index in [9.17, 15) is 36.3 Å². The number of halogens is 6. The number of benzene rings is 1. The molecule has 0 bridgehead atoms. The summed E-state index contributed by atoms with van der Waals surface area (Å²) in [5, 5.41) is 19.5. The van der Waals surface area contributed by atoms with Gasteiger partial charge in [-0.15, -0.1) is 5.10 Å². The van der Waals surface area contributed by atoms with E-state index in [1.54, 1.807) is 33.2 Å². The number of nitrogens with zero attached hydrogens (tertiary/aromatic N) is 10. The van der Waals surface area contributed by atoms with Gasteiger partial charge in [-0.2, -0.15) is 42.0 Å². The molecule has 1 aliphatic carbocycles. The van der Waals surface area contributed by atoms with Crippen molar-refractivity contribution in [2.45, 2.75) is 95.4 Å². The molecule has 1 saturated carbocycles. The van der Waals surface area contributed by atoms with Gasteiger partial charge in [-0.3, -0.25) is 14.3 Å². The Morgan fingerprint density at radius 2 is 1.85 bits per heavy atom. The van der Waals surface area contributed by atoms with Gasteiger partial charge < -0.3 is 19.5 Å². The Bertz CT molecular complexity index is 2490. The Balaban J connectivity index is 1.04. The number of hydrogen-bond donors (Lipinski definition) is 1. The second-order valence-corrected chi connectivity index (χ2v) is 16.7. The zero-order valence-electron chi connectivity index (χ0n) is 32.7. The largest absolute Gasteiger partial charge is 0.435 e. The van der Waals surface area contributed by atoms with Crippen LogP contribution in [0.2, 0.25) is 5.02 Å². The lowest BCUT2D eigenvalue weighted by Gasteiger charge is -2.33.